The topological polar surface area (TPSA) is 67.6 Å². The molecular weight excluding hydrogens is 357 g/mol. The zero-order chi connectivity index (χ0) is 19.0. The molecule has 2 heterocycles. The summed E-state index contributed by atoms with van der Waals surface area (Å²) in [5.74, 6) is 0.675. The number of nitrogens with zero attached hydrogens (tertiary/aromatic N) is 4. The van der Waals surface area contributed by atoms with Gasteiger partial charge in [0.1, 0.15) is 0 Å². The van der Waals surface area contributed by atoms with Crippen molar-refractivity contribution in [2.24, 2.45) is 0 Å². The number of hydrogen-bond acceptors (Lipinski definition) is 4. The summed E-state index contributed by atoms with van der Waals surface area (Å²) in [6, 6.07) is 14.8. The molecule has 0 N–H and O–H groups in total. The Kier molecular flexibility index (Phi) is 3.92. The van der Waals surface area contributed by atoms with Gasteiger partial charge in [0.15, 0.2) is 5.82 Å². The van der Waals surface area contributed by atoms with Crippen molar-refractivity contribution in [1.82, 2.24) is 14.7 Å². The maximum atomic E-state index is 13.4. The van der Waals surface area contributed by atoms with Gasteiger partial charge in [-0.3, -0.25) is 0 Å². The van der Waals surface area contributed by atoms with Crippen LogP contribution in [0.3, 0.4) is 0 Å². The summed E-state index contributed by atoms with van der Waals surface area (Å²) in [6.07, 6.45) is -3.11. The molecule has 4 rings (SSSR count). The number of halogens is 3. The molecule has 5 nitrogen and oxygen atoms in total. The molecule has 0 bridgehead atoms. The van der Waals surface area contributed by atoms with Crippen molar-refractivity contribution in [1.29, 1.82) is 5.26 Å². The monoisotopic (exact) mass is 368 g/mol. The second-order valence-corrected chi connectivity index (χ2v) is 5.86. The van der Waals surface area contributed by atoms with Crippen LogP contribution >= 0.6 is 0 Å². The van der Waals surface area contributed by atoms with E-state index in [2.05, 4.69) is 10.1 Å². The number of fused-ring (bicyclic) bond motifs is 1. The lowest BCUT2D eigenvalue weighted by Gasteiger charge is -2.11. The molecule has 0 saturated heterocycles. The molecule has 2 aromatic heterocycles. The molecule has 0 amide bonds. The summed E-state index contributed by atoms with van der Waals surface area (Å²) in [5, 5.41) is 12.9. The highest BCUT2D eigenvalue weighted by molar-refractivity contribution is 5.86. The summed E-state index contributed by atoms with van der Waals surface area (Å²) in [5.41, 5.74) is -0.239. The molecule has 0 saturated carbocycles. The van der Waals surface area contributed by atoms with Crippen LogP contribution in [0.2, 0.25) is 0 Å². The molecule has 4 aromatic rings. The third-order valence-electron chi connectivity index (χ3n) is 4.16. The number of hydrogen-bond donors (Lipinski definition) is 0. The number of benzene rings is 2. The second-order valence-electron chi connectivity index (χ2n) is 5.86. The fourth-order valence-electron chi connectivity index (χ4n) is 2.98. The van der Waals surface area contributed by atoms with Crippen LogP contribution in [-0.2, 0) is 12.7 Å². The number of alkyl halides is 3. The molecular formula is C19H11F3N4O. The van der Waals surface area contributed by atoms with Crippen molar-refractivity contribution in [3.8, 4) is 17.5 Å². The molecule has 0 spiro atoms. The Balaban J connectivity index is 1.72. The zero-order valence-corrected chi connectivity index (χ0v) is 13.7. The van der Waals surface area contributed by atoms with Crippen LogP contribution in [0.5, 0.6) is 0 Å². The third-order valence-corrected chi connectivity index (χ3v) is 4.16. The highest BCUT2D eigenvalue weighted by atomic mass is 19.4. The molecule has 0 unspecified atom stereocenters. The van der Waals surface area contributed by atoms with Gasteiger partial charge in [0.2, 0.25) is 0 Å². The van der Waals surface area contributed by atoms with Crippen LogP contribution < -0.4 is 0 Å². The van der Waals surface area contributed by atoms with Crippen LogP contribution in [0, 0.1) is 11.3 Å². The van der Waals surface area contributed by atoms with E-state index >= 15 is 0 Å². The molecule has 134 valence electrons. The fourth-order valence-corrected chi connectivity index (χ4v) is 2.98. The molecule has 0 atom stereocenters. The van der Waals surface area contributed by atoms with Crippen molar-refractivity contribution in [2.75, 3.05) is 0 Å². The Hall–Kier alpha value is -3.60. The van der Waals surface area contributed by atoms with Crippen molar-refractivity contribution < 1.29 is 17.7 Å². The van der Waals surface area contributed by atoms with Crippen LogP contribution in [0.4, 0.5) is 13.2 Å². The van der Waals surface area contributed by atoms with E-state index in [0.29, 0.717) is 17.2 Å². The van der Waals surface area contributed by atoms with Gasteiger partial charge >= 0.3 is 6.18 Å². The first kappa shape index (κ1) is 16.8. The number of nitriles is 1. The fraction of sp³-hybridized carbons (Fsp3) is 0.105. The Morgan fingerprint density at radius 3 is 2.56 bits per heavy atom. The van der Waals surface area contributed by atoms with Crippen LogP contribution in [0.25, 0.3) is 22.4 Å². The zero-order valence-electron chi connectivity index (χ0n) is 13.7. The Morgan fingerprint density at radius 1 is 1.07 bits per heavy atom. The van der Waals surface area contributed by atoms with E-state index in [1.165, 1.54) is 24.4 Å². The summed E-state index contributed by atoms with van der Waals surface area (Å²) in [4.78, 5) is 4.29. The quantitative estimate of drug-likeness (QED) is 0.529. The number of rotatable bonds is 3. The Morgan fingerprint density at radius 2 is 1.85 bits per heavy atom. The van der Waals surface area contributed by atoms with E-state index in [4.69, 9.17) is 9.78 Å². The molecule has 0 fully saturated rings. The van der Waals surface area contributed by atoms with Crippen LogP contribution in [0.15, 0.2) is 59.3 Å². The average Bonchev–Trinajstić information content (AvgIpc) is 3.28. The van der Waals surface area contributed by atoms with Gasteiger partial charge in [-0.1, -0.05) is 23.4 Å². The number of aromatic nitrogens is 3. The van der Waals surface area contributed by atoms with Crippen molar-refractivity contribution >= 4 is 10.9 Å². The summed E-state index contributed by atoms with van der Waals surface area (Å²) in [6.45, 7) is 0.142. The van der Waals surface area contributed by atoms with Crippen molar-refractivity contribution in [2.45, 2.75) is 12.7 Å². The maximum Gasteiger partial charge on any atom is 0.418 e. The minimum Gasteiger partial charge on any atom is -0.340 e. The third kappa shape index (κ3) is 3.04. The standard InChI is InChI=1S/C19H11F3N4O/c20-19(21,22)17-13(10-23)6-7-15-14(17)8-9-26(15)11-16-24-18(27-25-16)12-4-2-1-3-5-12/h1-9H,11H2. The minimum atomic E-state index is -4.62. The minimum absolute atomic E-state index is 0.0340. The van der Waals surface area contributed by atoms with E-state index in [0.717, 1.165) is 5.56 Å². The lowest BCUT2D eigenvalue weighted by molar-refractivity contribution is -0.136. The SMILES string of the molecule is N#Cc1ccc2c(ccn2Cc2noc(-c3ccccc3)n2)c1C(F)(F)F. The lowest BCUT2D eigenvalue weighted by Crippen LogP contribution is -2.09. The van der Waals surface area contributed by atoms with E-state index in [-0.39, 0.29) is 11.9 Å². The smallest absolute Gasteiger partial charge is 0.340 e. The Labute approximate surface area is 151 Å². The summed E-state index contributed by atoms with van der Waals surface area (Å²) >= 11 is 0. The lowest BCUT2D eigenvalue weighted by atomic mass is 10.0. The van der Waals surface area contributed by atoms with Crippen LogP contribution in [-0.4, -0.2) is 14.7 Å². The van der Waals surface area contributed by atoms with Gasteiger partial charge in [0.25, 0.3) is 5.89 Å². The van der Waals surface area contributed by atoms with E-state index < -0.39 is 17.3 Å². The van der Waals surface area contributed by atoms with Crippen molar-refractivity contribution in [3.05, 3.63) is 71.7 Å². The summed E-state index contributed by atoms with van der Waals surface area (Å²) in [7, 11) is 0. The first-order chi connectivity index (χ1) is 13.0. The predicted molar refractivity (Wildman–Crippen MR) is 90.5 cm³/mol. The molecule has 2 aromatic carbocycles. The first-order valence-electron chi connectivity index (χ1n) is 7.94. The molecule has 8 heteroatoms. The van der Waals surface area contributed by atoms with Crippen LogP contribution in [0.1, 0.15) is 17.0 Å². The van der Waals surface area contributed by atoms with E-state index in [1.807, 2.05) is 30.3 Å². The summed E-state index contributed by atoms with van der Waals surface area (Å²) < 4.78 is 47.0. The predicted octanol–water partition coefficient (Wildman–Crippen LogP) is 4.63. The van der Waals surface area contributed by atoms with E-state index in [9.17, 15) is 13.2 Å². The highest BCUT2D eigenvalue weighted by Crippen LogP contribution is 2.37. The highest BCUT2D eigenvalue weighted by Gasteiger charge is 2.36. The molecule has 27 heavy (non-hydrogen) atoms. The van der Waals surface area contributed by atoms with Gasteiger partial charge in [-0.25, -0.2) is 0 Å². The van der Waals surface area contributed by atoms with Gasteiger partial charge in [0.05, 0.1) is 23.7 Å². The molecule has 0 aliphatic carbocycles. The van der Waals surface area contributed by atoms with Gasteiger partial charge in [-0.15, -0.1) is 0 Å². The van der Waals surface area contributed by atoms with Gasteiger partial charge < -0.3 is 9.09 Å². The second kappa shape index (κ2) is 6.29. The van der Waals surface area contributed by atoms with Gasteiger partial charge in [0, 0.05) is 22.7 Å². The molecule has 0 aliphatic heterocycles. The first-order valence-corrected chi connectivity index (χ1v) is 7.94. The van der Waals surface area contributed by atoms with E-state index in [1.54, 1.807) is 10.6 Å². The normalized spacial score (nSPS) is 11.6. The molecule has 0 radical (unpaired) electrons. The maximum absolute atomic E-state index is 13.4. The molecule has 0 aliphatic rings. The van der Waals surface area contributed by atoms with Gasteiger partial charge in [-0.05, 0) is 30.3 Å². The largest absolute Gasteiger partial charge is 0.418 e. The van der Waals surface area contributed by atoms with Crippen molar-refractivity contribution in [3.63, 3.8) is 0 Å². The average molecular weight is 368 g/mol. The Bertz CT molecular complexity index is 1150. The van der Waals surface area contributed by atoms with Gasteiger partial charge in [-0.2, -0.15) is 23.4 Å².